The SMILES string of the molecule is CC(NC(=O)OC(C)(C)C)C(=O)N1CCN(CCO)CC1. The van der Waals surface area contributed by atoms with E-state index < -0.39 is 17.7 Å². The fraction of sp³-hybridized carbons (Fsp3) is 0.857. The van der Waals surface area contributed by atoms with Crippen molar-refractivity contribution in [2.45, 2.75) is 39.3 Å². The quantitative estimate of drug-likeness (QED) is 0.766. The molecule has 0 aliphatic carbocycles. The number of alkyl carbamates (subject to hydrolysis) is 1. The van der Waals surface area contributed by atoms with Crippen molar-refractivity contribution in [3.8, 4) is 0 Å². The van der Waals surface area contributed by atoms with Gasteiger partial charge < -0.3 is 20.1 Å². The summed E-state index contributed by atoms with van der Waals surface area (Å²) in [6.07, 6.45) is -0.581. The molecule has 1 atom stereocenters. The molecule has 2 amide bonds. The summed E-state index contributed by atoms with van der Waals surface area (Å²) >= 11 is 0. The number of amides is 2. The summed E-state index contributed by atoms with van der Waals surface area (Å²) < 4.78 is 5.14. The largest absolute Gasteiger partial charge is 0.444 e. The number of nitrogens with zero attached hydrogens (tertiary/aromatic N) is 2. The Balaban J connectivity index is 2.39. The minimum atomic E-state index is -0.607. The fourth-order valence-electron chi connectivity index (χ4n) is 2.15. The van der Waals surface area contributed by atoms with Crippen LogP contribution < -0.4 is 5.32 Å². The second-order valence-electron chi connectivity index (χ2n) is 6.26. The lowest BCUT2D eigenvalue weighted by molar-refractivity contribution is -0.134. The first-order chi connectivity index (χ1) is 9.73. The Morgan fingerprint density at radius 2 is 1.81 bits per heavy atom. The molecule has 1 fully saturated rings. The zero-order valence-corrected chi connectivity index (χ0v) is 13.4. The third kappa shape index (κ3) is 6.31. The molecule has 1 rings (SSSR count). The van der Waals surface area contributed by atoms with Gasteiger partial charge in [-0.1, -0.05) is 0 Å². The summed E-state index contributed by atoms with van der Waals surface area (Å²) in [4.78, 5) is 27.7. The normalized spacial score (nSPS) is 18.2. The topological polar surface area (TPSA) is 82.1 Å². The molecule has 1 aliphatic rings. The average molecular weight is 301 g/mol. The van der Waals surface area contributed by atoms with Crippen molar-refractivity contribution in [1.82, 2.24) is 15.1 Å². The standard InChI is InChI=1S/C14H27N3O4/c1-11(15-13(20)21-14(2,3)4)12(19)17-7-5-16(6-8-17)9-10-18/h11,18H,5-10H2,1-4H3,(H,15,20). The van der Waals surface area contributed by atoms with Crippen LogP contribution in [-0.4, -0.2) is 77.9 Å². The van der Waals surface area contributed by atoms with Gasteiger partial charge in [0.05, 0.1) is 6.61 Å². The maximum Gasteiger partial charge on any atom is 0.408 e. The molecule has 1 heterocycles. The molecule has 0 bridgehead atoms. The van der Waals surface area contributed by atoms with E-state index in [0.717, 1.165) is 13.1 Å². The van der Waals surface area contributed by atoms with E-state index in [1.165, 1.54) is 0 Å². The van der Waals surface area contributed by atoms with Crippen molar-refractivity contribution in [3.63, 3.8) is 0 Å². The Labute approximate surface area is 126 Å². The predicted octanol–water partition coefficient (Wildman–Crippen LogP) is 0.0361. The van der Waals surface area contributed by atoms with E-state index in [1.807, 2.05) is 0 Å². The minimum Gasteiger partial charge on any atom is -0.444 e. The van der Waals surface area contributed by atoms with Crippen LogP contribution in [0.5, 0.6) is 0 Å². The van der Waals surface area contributed by atoms with Gasteiger partial charge in [-0.25, -0.2) is 4.79 Å². The molecule has 0 radical (unpaired) electrons. The van der Waals surface area contributed by atoms with E-state index >= 15 is 0 Å². The number of aliphatic hydroxyl groups is 1. The maximum atomic E-state index is 12.3. The van der Waals surface area contributed by atoms with Crippen LogP contribution in [0.3, 0.4) is 0 Å². The second kappa shape index (κ2) is 7.61. The average Bonchev–Trinajstić information content (AvgIpc) is 2.36. The predicted molar refractivity (Wildman–Crippen MR) is 78.9 cm³/mol. The number of carbonyl (C=O) groups excluding carboxylic acids is 2. The molecule has 7 heteroatoms. The highest BCUT2D eigenvalue weighted by Crippen LogP contribution is 2.08. The van der Waals surface area contributed by atoms with Gasteiger partial charge in [-0.3, -0.25) is 9.69 Å². The third-order valence-corrected chi connectivity index (χ3v) is 3.20. The van der Waals surface area contributed by atoms with Crippen molar-refractivity contribution in [1.29, 1.82) is 0 Å². The van der Waals surface area contributed by atoms with Crippen LogP contribution in [0.15, 0.2) is 0 Å². The second-order valence-corrected chi connectivity index (χ2v) is 6.26. The van der Waals surface area contributed by atoms with Crippen molar-refractivity contribution in [3.05, 3.63) is 0 Å². The number of aliphatic hydroxyl groups excluding tert-OH is 1. The number of carbonyl (C=O) groups is 2. The van der Waals surface area contributed by atoms with Gasteiger partial charge in [0.25, 0.3) is 0 Å². The Morgan fingerprint density at radius 1 is 1.24 bits per heavy atom. The molecule has 0 aromatic heterocycles. The highest BCUT2D eigenvalue weighted by Gasteiger charge is 2.27. The van der Waals surface area contributed by atoms with E-state index in [0.29, 0.717) is 19.6 Å². The molecule has 1 saturated heterocycles. The first-order valence-electron chi connectivity index (χ1n) is 7.34. The van der Waals surface area contributed by atoms with Crippen LogP contribution in [0.1, 0.15) is 27.7 Å². The highest BCUT2D eigenvalue weighted by atomic mass is 16.6. The highest BCUT2D eigenvalue weighted by molar-refractivity contribution is 5.85. The van der Waals surface area contributed by atoms with Crippen molar-refractivity contribution < 1.29 is 19.4 Å². The summed E-state index contributed by atoms with van der Waals surface area (Å²) in [5.74, 6) is -0.107. The number of piperazine rings is 1. The minimum absolute atomic E-state index is 0.107. The molecule has 0 aromatic rings. The summed E-state index contributed by atoms with van der Waals surface area (Å²) in [5, 5.41) is 11.5. The lowest BCUT2D eigenvalue weighted by Crippen LogP contribution is -2.54. The molecule has 0 aromatic carbocycles. The summed E-state index contributed by atoms with van der Waals surface area (Å²) in [5.41, 5.74) is -0.581. The Morgan fingerprint density at radius 3 is 2.29 bits per heavy atom. The van der Waals surface area contributed by atoms with Gasteiger partial charge >= 0.3 is 6.09 Å². The number of ether oxygens (including phenoxy) is 1. The van der Waals surface area contributed by atoms with Crippen LogP contribution in [0.4, 0.5) is 4.79 Å². The van der Waals surface area contributed by atoms with Crippen molar-refractivity contribution in [2.24, 2.45) is 0 Å². The van der Waals surface area contributed by atoms with Crippen molar-refractivity contribution >= 4 is 12.0 Å². The molecule has 21 heavy (non-hydrogen) atoms. The molecule has 0 saturated carbocycles. The number of hydrogen-bond donors (Lipinski definition) is 2. The summed E-state index contributed by atoms with van der Waals surface area (Å²) in [7, 11) is 0. The number of hydrogen-bond acceptors (Lipinski definition) is 5. The van der Waals surface area contributed by atoms with E-state index in [9.17, 15) is 9.59 Å². The van der Waals surface area contributed by atoms with Crippen LogP contribution >= 0.6 is 0 Å². The lowest BCUT2D eigenvalue weighted by Gasteiger charge is -2.35. The summed E-state index contributed by atoms with van der Waals surface area (Å²) in [6, 6.07) is -0.607. The van der Waals surface area contributed by atoms with Gasteiger partial charge in [-0.05, 0) is 27.7 Å². The number of β-amino-alcohol motifs (C(OH)–C–C–N with tert-alkyl or cyclic N) is 1. The monoisotopic (exact) mass is 301 g/mol. The molecule has 7 nitrogen and oxygen atoms in total. The molecule has 122 valence electrons. The molecule has 1 aliphatic heterocycles. The lowest BCUT2D eigenvalue weighted by atomic mass is 10.2. The first kappa shape index (κ1) is 17.7. The van der Waals surface area contributed by atoms with E-state index in [4.69, 9.17) is 9.84 Å². The zero-order valence-electron chi connectivity index (χ0n) is 13.4. The Hall–Kier alpha value is -1.34. The van der Waals surface area contributed by atoms with Gasteiger partial charge in [0, 0.05) is 32.7 Å². The Kier molecular flexibility index (Phi) is 6.42. The van der Waals surface area contributed by atoms with Gasteiger partial charge in [0.15, 0.2) is 0 Å². The number of rotatable bonds is 4. The Bertz CT molecular complexity index is 360. The van der Waals surface area contributed by atoms with E-state index in [-0.39, 0.29) is 12.5 Å². The molecular weight excluding hydrogens is 274 g/mol. The zero-order chi connectivity index (χ0) is 16.0. The van der Waals surface area contributed by atoms with Gasteiger partial charge in [0.2, 0.25) is 5.91 Å². The van der Waals surface area contributed by atoms with Crippen LogP contribution in [-0.2, 0) is 9.53 Å². The van der Waals surface area contributed by atoms with Gasteiger partial charge in [-0.2, -0.15) is 0 Å². The summed E-state index contributed by atoms with van der Waals surface area (Å²) in [6.45, 7) is 10.5. The van der Waals surface area contributed by atoms with Gasteiger partial charge in [-0.15, -0.1) is 0 Å². The first-order valence-corrected chi connectivity index (χ1v) is 7.34. The van der Waals surface area contributed by atoms with E-state index in [1.54, 1.807) is 32.6 Å². The molecule has 1 unspecified atom stereocenters. The van der Waals surface area contributed by atoms with Crippen LogP contribution in [0.25, 0.3) is 0 Å². The van der Waals surface area contributed by atoms with E-state index in [2.05, 4.69) is 10.2 Å². The molecular formula is C14H27N3O4. The third-order valence-electron chi connectivity index (χ3n) is 3.20. The van der Waals surface area contributed by atoms with Gasteiger partial charge in [0.1, 0.15) is 11.6 Å². The number of nitrogens with one attached hydrogen (secondary N) is 1. The van der Waals surface area contributed by atoms with Crippen LogP contribution in [0, 0.1) is 0 Å². The van der Waals surface area contributed by atoms with Crippen molar-refractivity contribution in [2.75, 3.05) is 39.3 Å². The smallest absolute Gasteiger partial charge is 0.408 e. The fourth-order valence-corrected chi connectivity index (χ4v) is 2.15. The molecule has 2 N–H and O–H groups in total. The maximum absolute atomic E-state index is 12.3. The van der Waals surface area contributed by atoms with Crippen LogP contribution in [0.2, 0.25) is 0 Å². The molecule has 0 spiro atoms.